The number of unbranched alkanes of at least 4 members (excludes halogenated alkanes) is 22. The molecule has 2 unspecified atom stereocenters. The van der Waals surface area contributed by atoms with Crippen molar-refractivity contribution in [3.05, 3.63) is 0 Å². The quantitative estimate of drug-likeness (QED) is 0.0874. The highest BCUT2D eigenvalue weighted by Crippen LogP contribution is 2.20. The van der Waals surface area contributed by atoms with Crippen LogP contribution in [0.2, 0.25) is 0 Å². The van der Waals surface area contributed by atoms with E-state index in [1.54, 1.807) is 0 Å². The van der Waals surface area contributed by atoms with Crippen molar-refractivity contribution in [2.45, 2.75) is 214 Å². The summed E-state index contributed by atoms with van der Waals surface area (Å²) in [6.45, 7) is 9.58. The Morgan fingerprint density at radius 3 is 0.714 bits per heavy atom. The third-order valence-corrected chi connectivity index (χ3v) is 8.49. The lowest BCUT2D eigenvalue weighted by molar-refractivity contribution is 0.420. The van der Waals surface area contributed by atoms with Gasteiger partial charge in [0.2, 0.25) is 0 Å². The molecule has 0 bridgehead atoms. The Labute approximate surface area is 225 Å². The van der Waals surface area contributed by atoms with E-state index in [-0.39, 0.29) is 0 Å². The topological polar surface area (TPSA) is 0 Å². The zero-order chi connectivity index (χ0) is 25.7. The van der Waals surface area contributed by atoms with Gasteiger partial charge in [-0.15, -0.1) is 0 Å². The van der Waals surface area contributed by atoms with Crippen molar-refractivity contribution in [3.63, 3.8) is 0 Å². The van der Waals surface area contributed by atoms with Crippen LogP contribution in [-0.4, -0.2) is 0 Å². The molecule has 0 aromatic rings. The van der Waals surface area contributed by atoms with E-state index in [1.807, 2.05) is 0 Å². The average molecular weight is 493 g/mol. The van der Waals surface area contributed by atoms with Crippen molar-refractivity contribution < 1.29 is 0 Å². The van der Waals surface area contributed by atoms with Crippen LogP contribution in [0.15, 0.2) is 0 Å². The van der Waals surface area contributed by atoms with Gasteiger partial charge in [0.25, 0.3) is 0 Å². The summed E-state index contributed by atoms with van der Waals surface area (Å²) in [4.78, 5) is 0. The second-order valence-corrected chi connectivity index (χ2v) is 12.5. The second kappa shape index (κ2) is 30.2. The lowest BCUT2D eigenvalue weighted by atomic mass is 9.94. The molecule has 0 heteroatoms. The molecule has 0 aromatic heterocycles. The van der Waals surface area contributed by atoms with E-state index < -0.39 is 0 Å². The molecule has 0 spiro atoms. The third-order valence-electron chi connectivity index (χ3n) is 8.49. The minimum Gasteiger partial charge on any atom is -0.0654 e. The predicted octanol–water partition coefficient (Wildman–Crippen LogP) is 13.6. The molecule has 35 heavy (non-hydrogen) atoms. The molecule has 0 aromatic carbocycles. The Hall–Kier alpha value is 0. The van der Waals surface area contributed by atoms with Crippen molar-refractivity contribution in [2.75, 3.05) is 0 Å². The minimum absolute atomic E-state index is 0.962. The minimum atomic E-state index is 0.962. The van der Waals surface area contributed by atoms with Crippen molar-refractivity contribution in [1.29, 1.82) is 0 Å². The Morgan fingerprint density at radius 1 is 0.257 bits per heavy atom. The maximum absolute atomic E-state index is 2.50. The van der Waals surface area contributed by atoms with Crippen LogP contribution >= 0.6 is 0 Å². The van der Waals surface area contributed by atoms with Crippen LogP contribution in [-0.2, 0) is 0 Å². The fourth-order valence-electron chi connectivity index (χ4n) is 5.75. The lowest BCUT2D eigenvalue weighted by Gasteiger charge is -2.12. The van der Waals surface area contributed by atoms with Crippen LogP contribution in [0, 0.1) is 11.8 Å². The van der Waals surface area contributed by atoms with Crippen molar-refractivity contribution in [3.8, 4) is 0 Å². The van der Waals surface area contributed by atoms with Crippen LogP contribution in [0.4, 0.5) is 0 Å². The van der Waals surface area contributed by atoms with E-state index in [4.69, 9.17) is 0 Å². The van der Waals surface area contributed by atoms with Gasteiger partial charge in [-0.25, -0.2) is 0 Å². The highest BCUT2D eigenvalue weighted by Gasteiger charge is 2.04. The van der Waals surface area contributed by atoms with Crippen molar-refractivity contribution in [1.82, 2.24) is 0 Å². The molecule has 0 rings (SSSR count). The first-order valence-corrected chi connectivity index (χ1v) is 17.2. The molecule has 212 valence electrons. The Balaban J connectivity index is 3.17. The van der Waals surface area contributed by atoms with E-state index in [0.29, 0.717) is 0 Å². The summed E-state index contributed by atoms with van der Waals surface area (Å²) in [7, 11) is 0. The lowest BCUT2D eigenvalue weighted by Crippen LogP contribution is -1.96. The summed E-state index contributed by atoms with van der Waals surface area (Å²) < 4.78 is 0. The number of hydrogen-bond acceptors (Lipinski definition) is 0. The predicted molar refractivity (Wildman–Crippen MR) is 164 cm³/mol. The fourth-order valence-corrected chi connectivity index (χ4v) is 5.75. The summed E-state index contributed by atoms with van der Waals surface area (Å²) in [6.07, 6.45) is 42.7. The van der Waals surface area contributed by atoms with E-state index in [9.17, 15) is 0 Å². The van der Waals surface area contributed by atoms with E-state index >= 15 is 0 Å². The van der Waals surface area contributed by atoms with E-state index in [2.05, 4.69) is 27.7 Å². The van der Waals surface area contributed by atoms with Crippen molar-refractivity contribution in [2.24, 2.45) is 11.8 Å². The fraction of sp³-hybridized carbons (Fsp3) is 1.00. The standard InChI is InChI=1S/C35H72/c1-5-7-9-10-11-12-13-14-15-16-17-18-19-20-21-22-24-27-32-35(4)33-29-26-23-25-28-31-34(3)30-8-6-2/h34-35H,5-33H2,1-4H3. The van der Waals surface area contributed by atoms with Gasteiger partial charge in [-0.2, -0.15) is 0 Å². The molecular formula is C35H72. The molecular weight excluding hydrogens is 420 g/mol. The van der Waals surface area contributed by atoms with Crippen LogP contribution in [0.1, 0.15) is 214 Å². The van der Waals surface area contributed by atoms with Crippen LogP contribution in [0.5, 0.6) is 0 Å². The third kappa shape index (κ3) is 30.1. The van der Waals surface area contributed by atoms with Gasteiger partial charge in [-0.3, -0.25) is 0 Å². The molecule has 2 atom stereocenters. The molecule has 0 N–H and O–H groups in total. The van der Waals surface area contributed by atoms with Gasteiger partial charge in [0, 0.05) is 0 Å². The average Bonchev–Trinajstić information content (AvgIpc) is 2.86. The first-order chi connectivity index (χ1) is 17.2. The van der Waals surface area contributed by atoms with Gasteiger partial charge < -0.3 is 0 Å². The second-order valence-electron chi connectivity index (χ2n) is 12.5. The van der Waals surface area contributed by atoms with Gasteiger partial charge in [0.05, 0.1) is 0 Å². The molecule has 0 heterocycles. The zero-order valence-electron chi connectivity index (χ0n) is 25.7. The van der Waals surface area contributed by atoms with E-state index in [1.165, 1.54) is 186 Å². The molecule has 0 aliphatic heterocycles. The molecule has 0 amide bonds. The Morgan fingerprint density at radius 2 is 0.457 bits per heavy atom. The SMILES string of the molecule is CCCCCCCCCCCCCCCCCCCCC(C)CCCCCCCC(C)CCCC. The maximum Gasteiger partial charge on any atom is -0.0443 e. The van der Waals surface area contributed by atoms with E-state index in [0.717, 1.165) is 11.8 Å². The van der Waals surface area contributed by atoms with Gasteiger partial charge in [0.1, 0.15) is 0 Å². The first kappa shape index (κ1) is 35.0. The van der Waals surface area contributed by atoms with Gasteiger partial charge in [-0.1, -0.05) is 214 Å². The monoisotopic (exact) mass is 493 g/mol. The summed E-state index contributed by atoms with van der Waals surface area (Å²) in [5.41, 5.74) is 0. The molecule has 0 aliphatic carbocycles. The number of hydrogen-bond donors (Lipinski definition) is 0. The molecule has 0 saturated heterocycles. The highest BCUT2D eigenvalue weighted by atomic mass is 14.1. The Kier molecular flexibility index (Phi) is 30.2. The summed E-state index contributed by atoms with van der Waals surface area (Å²) >= 11 is 0. The number of rotatable bonds is 30. The van der Waals surface area contributed by atoms with Gasteiger partial charge >= 0.3 is 0 Å². The largest absolute Gasteiger partial charge is 0.0654 e. The Bertz CT molecular complexity index is 359. The molecule has 0 nitrogen and oxygen atoms in total. The summed E-state index contributed by atoms with van der Waals surface area (Å²) in [6, 6.07) is 0. The first-order valence-electron chi connectivity index (χ1n) is 17.2. The smallest absolute Gasteiger partial charge is 0.0443 e. The van der Waals surface area contributed by atoms with Crippen molar-refractivity contribution >= 4 is 0 Å². The molecule has 0 saturated carbocycles. The molecule has 0 radical (unpaired) electrons. The van der Waals surface area contributed by atoms with Crippen LogP contribution in [0.3, 0.4) is 0 Å². The normalized spacial score (nSPS) is 13.4. The highest BCUT2D eigenvalue weighted by molar-refractivity contribution is 4.58. The molecule has 0 aliphatic rings. The maximum atomic E-state index is 2.50. The summed E-state index contributed by atoms with van der Waals surface area (Å²) in [5, 5.41) is 0. The van der Waals surface area contributed by atoms with Gasteiger partial charge in [-0.05, 0) is 11.8 Å². The van der Waals surface area contributed by atoms with Gasteiger partial charge in [0.15, 0.2) is 0 Å². The molecule has 0 fully saturated rings. The summed E-state index contributed by atoms with van der Waals surface area (Å²) in [5.74, 6) is 1.93. The zero-order valence-corrected chi connectivity index (χ0v) is 25.7. The van der Waals surface area contributed by atoms with Crippen LogP contribution < -0.4 is 0 Å². The van der Waals surface area contributed by atoms with Crippen LogP contribution in [0.25, 0.3) is 0 Å².